The van der Waals surface area contributed by atoms with Crippen molar-refractivity contribution in [1.82, 2.24) is 10.2 Å². The lowest BCUT2D eigenvalue weighted by molar-refractivity contribution is -0.127. The summed E-state index contributed by atoms with van der Waals surface area (Å²) in [6.45, 7) is 10.5. The highest BCUT2D eigenvalue weighted by atomic mass is 19.1. The molecule has 5 nitrogen and oxygen atoms in total. The fourth-order valence-corrected chi connectivity index (χ4v) is 3.85. The fourth-order valence-electron chi connectivity index (χ4n) is 3.85. The molecular weight excluding hydrogens is 393 g/mol. The number of anilines is 1. The van der Waals surface area contributed by atoms with Gasteiger partial charge in [0.1, 0.15) is 5.82 Å². The molecule has 0 radical (unpaired) electrons. The maximum absolute atomic E-state index is 13.1. The van der Waals surface area contributed by atoms with Gasteiger partial charge in [0.25, 0.3) is 5.91 Å². The van der Waals surface area contributed by atoms with Crippen LogP contribution in [0.15, 0.2) is 42.5 Å². The van der Waals surface area contributed by atoms with Crippen LogP contribution in [0.1, 0.15) is 55.1 Å². The molecule has 3 rings (SSSR count). The van der Waals surface area contributed by atoms with Crippen LogP contribution < -0.4 is 10.6 Å². The monoisotopic (exact) mass is 425 g/mol. The molecule has 0 bridgehead atoms. The van der Waals surface area contributed by atoms with Crippen LogP contribution in [0.3, 0.4) is 0 Å². The Morgan fingerprint density at radius 3 is 2.32 bits per heavy atom. The molecule has 0 aromatic heterocycles. The number of nitrogens with zero attached hydrogens (tertiary/aromatic N) is 1. The van der Waals surface area contributed by atoms with Crippen LogP contribution in [0.25, 0.3) is 0 Å². The topological polar surface area (TPSA) is 61.4 Å². The summed E-state index contributed by atoms with van der Waals surface area (Å²) in [6.07, 6.45) is 1.70. The molecule has 1 fully saturated rings. The molecule has 1 aliphatic rings. The van der Waals surface area contributed by atoms with E-state index in [4.69, 9.17) is 0 Å². The maximum atomic E-state index is 13.1. The van der Waals surface area contributed by atoms with Gasteiger partial charge in [0.2, 0.25) is 5.91 Å². The molecular formula is C25H32FN3O2. The van der Waals surface area contributed by atoms with E-state index in [0.717, 1.165) is 49.3 Å². The quantitative estimate of drug-likeness (QED) is 0.741. The summed E-state index contributed by atoms with van der Waals surface area (Å²) in [5, 5.41) is 6.02. The number of carbonyl (C=O) groups is 2. The Labute approximate surface area is 184 Å². The van der Waals surface area contributed by atoms with E-state index in [9.17, 15) is 14.0 Å². The second-order valence-electron chi connectivity index (χ2n) is 9.34. The lowest BCUT2D eigenvalue weighted by atomic mass is 9.94. The first kappa shape index (κ1) is 22.9. The van der Waals surface area contributed by atoms with Crippen molar-refractivity contribution < 1.29 is 14.0 Å². The number of rotatable bonds is 5. The maximum Gasteiger partial charge on any atom is 0.255 e. The van der Waals surface area contributed by atoms with Gasteiger partial charge in [-0.05, 0) is 95.1 Å². The van der Waals surface area contributed by atoms with E-state index >= 15 is 0 Å². The third-order valence-electron chi connectivity index (χ3n) is 5.65. The van der Waals surface area contributed by atoms with E-state index in [0.29, 0.717) is 5.56 Å². The highest BCUT2D eigenvalue weighted by molar-refractivity contribution is 6.04. The zero-order valence-electron chi connectivity index (χ0n) is 18.8. The molecule has 2 amide bonds. The standard InChI is InChI=1S/C25H32FN3O2/c1-17-20(16-29-14-12-19(13-15-29)24(31)28-25(2,3)4)6-5-7-22(17)27-23(30)18-8-10-21(26)11-9-18/h5-11,19H,12-16H2,1-4H3,(H,27,30)(H,28,31). The van der Waals surface area contributed by atoms with Crippen LogP contribution in [0.4, 0.5) is 10.1 Å². The molecule has 0 aliphatic carbocycles. The molecule has 6 heteroatoms. The minimum atomic E-state index is -0.366. The van der Waals surface area contributed by atoms with Crippen LogP contribution in [-0.4, -0.2) is 35.3 Å². The Morgan fingerprint density at radius 2 is 1.71 bits per heavy atom. The van der Waals surface area contributed by atoms with E-state index < -0.39 is 0 Å². The Hall–Kier alpha value is -2.73. The molecule has 31 heavy (non-hydrogen) atoms. The Bertz CT molecular complexity index is 927. The van der Waals surface area contributed by atoms with Crippen molar-refractivity contribution in [2.24, 2.45) is 5.92 Å². The van der Waals surface area contributed by atoms with Crippen molar-refractivity contribution in [2.75, 3.05) is 18.4 Å². The highest BCUT2D eigenvalue weighted by Gasteiger charge is 2.27. The Morgan fingerprint density at radius 1 is 1.06 bits per heavy atom. The van der Waals surface area contributed by atoms with Crippen molar-refractivity contribution in [1.29, 1.82) is 0 Å². The average Bonchev–Trinajstić information content (AvgIpc) is 2.70. The number of benzene rings is 2. The summed E-state index contributed by atoms with van der Waals surface area (Å²) in [7, 11) is 0. The van der Waals surface area contributed by atoms with Gasteiger partial charge in [0, 0.05) is 29.3 Å². The van der Waals surface area contributed by atoms with Gasteiger partial charge in [-0.2, -0.15) is 0 Å². The van der Waals surface area contributed by atoms with Gasteiger partial charge in [-0.25, -0.2) is 4.39 Å². The van der Waals surface area contributed by atoms with Crippen molar-refractivity contribution >= 4 is 17.5 Å². The smallest absolute Gasteiger partial charge is 0.255 e. The summed E-state index contributed by atoms with van der Waals surface area (Å²) in [6, 6.07) is 11.4. The van der Waals surface area contributed by atoms with E-state index in [1.165, 1.54) is 24.3 Å². The number of halogens is 1. The summed E-state index contributed by atoms with van der Waals surface area (Å²) < 4.78 is 13.1. The molecule has 2 aromatic carbocycles. The summed E-state index contributed by atoms with van der Waals surface area (Å²) >= 11 is 0. The summed E-state index contributed by atoms with van der Waals surface area (Å²) in [5.41, 5.74) is 3.14. The number of piperidine rings is 1. The number of likely N-dealkylation sites (tertiary alicyclic amines) is 1. The van der Waals surface area contributed by atoms with Gasteiger partial charge < -0.3 is 10.6 Å². The number of nitrogens with one attached hydrogen (secondary N) is 2. The predicted octanol–water partition coefficient (Wildman–Crippen LogP) is 4.51. The molecule has 2 N–H and O–H groups in total. The van der Waals surface area contributed by atoms with Crippen LogP contribution >= 0.6 is 0 Å². The molecule has 1 saturated heterocycles. The number of hydrogen-bond acceptors (Lipinski definition) is 3. The van der Waals surface area contributed by atoms with Gasteiger partial charge in [-0.1, -0.05) is 12.1 Å². The molecule has 0 atom stereocenters. The number of amides is 2. The summed E-state index contributed by atoms with van der Waals surface area (Å²) in [4.78, 5) is 27.3. The molecule has 0 spiro atoms. The van der Waals surface area contributed by atoms with Gasteiger partial charge in [-0.3, -0.25) is 14.5 Å². The minimum Gasteiger partial charge on any atom is -0.351 e. The lowest BCUT2D eigenvalue weighted by Gasteiger charge is -2.33. The van der Waals surface area contributed by atoms with Crippen molar-refractivity contribution in [3.8, 4) is 0 Å². The van der Waals surface area contributed by atoms with Gasteiger partial charge in [0.05, 0.1) is 0 Å². The summed E-state index contributed by atoms with van der Waals surface area (Å²) in [5.74, 6) is -0.410. The SMILES string of the molecule is Cc1c(CN2CCC(C(=O)NC(C)(C)C)CC2)cccc1NC(=O)c1ccc(F)cc1. The molecule has 0 unspecified atom stereocenters. The third-order valence-corrected chi connectivity index (χ3v) is 5.65. The zero-order chi connectivity index (χ0) is 22.6. The molecule has 166 valence electrons. The molecule has 1 heterocycles. The van der Waals surface area contributed by atoms with E-state index in [1.54, 1.807) is 0 Å². The van der Waals surface area contributed by atoms with Crippen molar-refractivity contribution in [3.05, 3.63) is 65.0 Å². The first-order chi connectivity index (χ1) is 14.6. The normalized spacial score (nSPS) is 15.5. The third kappa shape index (κ3) is 6.37. The van der Waals surface area contributed by atoms with Gasteiger partial charge in [0.15, 0.2) is 0 Å². The van der Waals surface area contributed by atoms with E-state index in [2.05, 4.69) is 21.6 Å². The predicted molar refractivity (Wildman–Crippen MR) is 121 cm³/mol. The highest BCUT2D eigenvalue weighted by Crippen LogP contribution is 2.24. The average molecular weight is 426 g/mol. The molecule has 2 aromatic rings. The minimum absolute atomic E-state index is 0.0675. The Kier molecular flexibility index (Phi) is 7.11. The number of hydrogen-bond donors (Lipinski definition) is 2. The van der Waals surface area contributed by atoms with Gasteiger partial charge in [-0.15, -0.1) is 0 Å². The van der Waals surface area contributed by atoms with Crippen LogP contribution in [0, 0.1) is 18.7 Å². The first-order valence-electron chi connectivity index (χ1n) is 10.8. The van der Waals surface area contributed by atoms with Crippen LogP contribution in [-0.2, 0) is 11.3 Å². The van der Waals surface area contributed by atoms with Gasteiger partial charge >= 0.3 is 0 Å². The second-order valence-corrected chi connectivity index (χ2v) is 9.34. The van der Waals surface area contributed by atoms with Crippen LogP contribution in [0.2, 0.25) is 0 Å². The molecule has 0 saturated carbocycles. The molecule has 1 aliphatic heterocycles. The largest absolute Gasteiger partial charge is 0.351 e. The Balaban J connectivity index is 1.59. The lowest BCUT2D eigenvalue weighted by Crippen LogP contribution is -2.46. The van der Waals surface area contributed by atoms with Crippen molar-refractivity contribution in [2.45, 2.75) is 52.6 Å². The zero-order valence-corrected chi connectivity index (χ0v) is 18.8. The second kappa shape index (κ2) is 9.60. The number of carbonyl (C=O) groups excluding carboxylic acids is 2. The fraction of sp³-hybridized carbons (Fsp3) is 0.440. The van der Waals surface area contributed by atoms with E-state index in [1.807, 2.05) is 39.8 Å². The van der Waals surface area contributed by atoms with E-state index in [-0.39, 0.29) is 29.1 Å². The van der Waals surface area contributed by atoms with Crippen LogP contribution in [0.5, 0.6) is 0 Å². The first-order valence-corrected chi connectivity index (χ1v) is 10.8. The van der Waals surface area contributed by atoms with Crippen molar-refractivity contribution in [3.63, 3.8) is 0 Å².